The van der Waals surface area contributed by atoms with Gasteiger partial charge in [0, 0.05) is 21.4 Å². The van der Waals surface area contributed by atoms with E-state index in [1.165, 1.54) is 0 Å². The Hall–Kier alpha value is -2.32. The molecule has 3 rings (SSSR count). The fourth-order valence-corrected chi connectivity index (χ4v) is 2.56. The molecule has 20 heavy (non-hydrogen) atoms. The van der Waals surface area contributed by atoms with E-state index in [9.17, 15) is 4.79 Å². The van der Waals surface area contributed by atoms with Gasteiger partial charge < -0.3 is 10.6 Å². The van der Waals surface area contributed by atoms with Crippen molar-refractivity contribution < 1.29 is 4.79 Å². The molecule has 0 spiro atoms. The Labute approximate surface area is 124 Å². The molecule has 2 aromatic rings. The Bertz CT molecular complexity index is 719. The first-order chi connectivity index (χ1) is 9.67. The van der Waals surface area contributed by atoms with Crippen molar-refractivity contribution in [2.75, 3.05) is 10.6 Å². The first-order valence-electron chi connectivity index (χ1n) is 6.04. The fraction of sp³-hybridized carbons (Fsp3) is 0.0667. The van der Waals surface area contributed by atoms with Gasteiger partial charge in [0.05, 0.1) is 11.6 Å². The highest BCUT2D eigenvalue weighted by molar-refractivity contribution is 9.10. The summed E-state index contributed by atoms with van der Waals surface area (Å²) >= 11 is 3.41. The number of fused-ring (bicyclic) bond motifs is 1. The second-order valence-corrected chi connectivity index (χ2v) is 5.40. The Morgan fingerprint density at radius 1 is 1.20 bits per heavy atom. The smallest absolute Gasteiger partial charge is 0.251 e. The van der Waals surface area contributed by atoms with Gasteiger partial charge in [-0.05, 0) is 42.5 Å². The van der Waals surface area contributed by atoms with Crippen molar-refractivity contribution in [3.8, 4) is 6.07 Å². The number of halogens is 1. The zero-order valence-electron chi connectivity index (χ0n) is 10.4. The third-order valence-electron chi connectivity index (χ3n) is 3.17. The minimum absolute atomic E-state index is 0.0811. The van der Waals surface area contributed by atoms with Crippen molar-refractivity contribution >= 4 is 33.2 Å². The zero-order chi connectivity index (χ0) is 14.1. The van der Waals surface area contributed by atoms with E-state index in [1.54, 1.807) is 24.3 Å². The summed E-state index contributed by atoms with van der Waals surface area (Å²) in [7, 11) is 0. The summed E-state index contributed by atoms with van der Waals surface area (Å²) in [5.74, 6) is -0.0811. The number of nitrogens with one attached hydrogen (secondary N) is 2. The molecule has 1 aliphatic heterocycles. The molecular weight excluding hydrogens is 318 g/mol. The molecule has 4 nitrogen and oxygen atoms in total. The molecular formula is C15H10BrN3O. The van der Waals surface area contributed by atoms with Crippen LogP contribution in [0.3, 0.4) is 0 Å². The first-order valence-corrected chi connectivity index (χ1v) is 6.84. The van der Waals surface area contributed by atoms with E-state index < -0.39 is 6.04 Å². The number of amides is 1. The van der Waals surface area contributed by atoms with E-state index in [-0.39, 0.29) is 5.91 Å². The van der Waals surface area contributed by atoms with Gasteiger partial charge in [-0.1, -0.05) is 15.9 Å². The molecule has 0 bridgehead atoms. The predicted octanol–water partition coefficient (Wildman–Crippen LogP) is 3.43. The lowest BCUT2D eigenvalue weighted by molar-refractivity contribution is -0.116. The first kappa shape index (κ1) is 12.7. The van der Waals surface area contributed by atoms with E-state index in [0.717, 1.165) is 21.4 Å². The van der Waals surface area contributed by atoms with Gasteiger partial charge in [0.1, 0.15) is 6.04 Å². The fourth-order valence-electron chi connectivity index (χ4n) is 2.18. The van der Waals surface area contributed by atoms with Crippen LogP contribution in [0.2, 0.25) is 0 Å². The van der Waals surface area contributed by atoms with Crippen LogP contribution >= 0.6 is 15.9 Å². The third kappa shape index (κ3) is 2.26. The zero-order valence-corrected chi connectivity index (χ0v) is 11.9. The SMILES string of the molecule is N#Cc1ccc(NC2C(=O)Nc3ccc(Br)cc32)cc1. The summed E-state index contributed by atoms with van der Waals surface area (Å²) < 4.78 is 0.930. The highest BCUT2D eigenvalue weighted by atomic mass is 79.9. The standard InChI is InChI=1S/C15H10BrN3O/c16-10-3-6-13-12(7-10)14(15(20)19-13)18-11-4-1-9(8-17)2-5-11/h1-7,14,18H,(H,19,20). The molecule has 0 radical (unpaired) electrons. The number of rotatable bonds is 2. The highest BCUT2D eigenvalue weighted by Crippen LogP contribution is 2.35. The summed E-state index contributed by atoms with van der Waals surface area (Å²) in [5.41, 5.74) is 3.13. The number of carbonyl (C=O) groups excluding carboxylic acids is 1. The predicted molar refractivity (Wildman–Crippen MR) is 80.3 cm³/mol. The van der Waals surface area contributed by atoms with E-state index in [1.807, 2.05) is 18.2 Å². The molecule has 0 fully saturated rings. The van der Waals surface area contributed by atoms with Crippen LogP contribution in [0.1, 0.15) is 17.2 Å². The van der Waals surface area contributed by atoms with Gasteiger partial charge in [-0.15, -0.1) is 0 Å². The van der Waals surface area contributed by atoms with E-state index in [2.05, 4.69) is 32.6 Å². The van der Waals surface area contributed by atoms with Crippen LogP contribution in [-0.2, 0) is 4.79 Å². The van der Waals surface area contributed by atoms with Gasteiger partial charge in [-0.25, -0.2) is 0 Å². The molecule has 1 aliphatic rings. The van der Waals surface area contributed by atoms with Crippen molar-refractivity contribution in [2.45, 2.75) is 6.04 Å². The van der Waals surface area contributed by atoms with Gasteiger partial charge in [-0.2, -0.15) is 5.26 Å². The maximum absolute atomic E-state index is 12.0. The largest absolute Gasteiger partial charge is 0.370 e. The van der Waals surface area contributed by atoms with Gasteiger partial charge in [0.25, 0.3) is 5.91 Å². The maximum Gasteiger partial charge on any atom is 0.251 e. The van der Waals surface area contributed by atoms with Crippen molar-refractivity contribution in [3.63, 3.8) is 0 Å². The van der Waals surface area contributed by atoms with Crippen LogP contribution in [0.15, 0.2) is 46.9 Å². The molecule has 1 amide bonds. The lowest BCUT2D eigenvalue weighted by atomic mass is 10.1. The van der Waals surface area contributed by atoms with Crippen LogP contribution in [0.25, 0.3) is 0 Å². The van der Waals surface area contributed by atoms with Crippen molar-refractivity contribution in [3.05, 3.63) is 58.1 Å². The summed E-state index contributed by atoms with van der Waals surface area (Å²) in [6, 6.07) is 14.4. The third-order valence-corrected chi connectivity index (χ3v) is 3.66. The molecule has 5 heteroatoms. The summed E-state index contributed by atoms with van der Waals surface area (Å²) in [4.78, 5) is 12.0. The van der Waals surface area contributed by atoms with E-state index in [4.69, 9.17) is 5.26 Å². The summed E-state index contributed by atoms with van der Waals surface area (Å²) in [6.07, 6.45) is 0. The quantitative estimate of drug-likeness (QED) is 0.888. The Morgan fingerprint density at radius 2 is 1.95 bits per heavy atom. The molecule has 1 unspecified atom stereocenters. The van der Waals surface area contributed by atoms with Crippen molar-refractivity contribution in [2.24, 2.45) is 0 Å². The lowest BCUT2D eigenvalue weighted by Gasteiger charge is -2.13. The van der Waals surface area contributed by atoms with Crippen LogP contribution < -0.4 is 10.6 Å². The Morgan fingerprint density at radius 3 is 2.65 bits per heavy atom. The minimum atomic E-state index is -0.421. The van der Waals surface area contributed by atoms with E-state index >= 15 is 0 Å². The highest BCUT2D eigenvalue weighted by Gasteiger charge is 2.30. The second-order valence-electron chi connectivity index (χ2n) is 4.49. The van der Waals surface area contributed by atoms with Crippen LogP contribution in [-0.4, -0.2) is 5.91 Å². The number of hydrogen-bond donors (Lipinski definition) is 2. The molecule has 1 atom stereocenters. The lowest BCUT2D eigenvalue weighted by Crippen LogP contribution is -2.19. The molecule has 0 saturated carbocycles. The Balaban J connectivity index is 1.89. The van der Waals surface area contributed by atoms with E-state index in [0.29, 0.717) is 5.56 Å². The number of benzene rings is 2. The molecule has 0 aliphatic carbocycles. The molecule has 2 N–H and O–H groups in total. The maximum atomic E-state index is 12.0. The van der Waals surface area contributed by atoms with Crippen LogP contribution in [0.5, 0.6) is 0 Å². The van der Waals surface area contributed by atoms with Gasteiger partial charge in [0.15, 0.2) is 0 Å². The number of carbonyl (C=O) groups is 1. The van der Waals surface area contributed by atoms with Crippen molar-refractivity contribution in [1.82, 2.24) is 0 Å². The second kappa shape index (κ2) is 4.99. The number of nitrogens with zero attached hydrogens (tertiary/aromatic N) is 1. The van der Waals surface area contributed by atoms with Crippen molar-refractivity contribution in [1.29, 1.82) is 5.26 Å². The molecule has 2 aromatic carbocycles. The molecule has 1 heterocycles. The van der Waals surface area contributed by atoms with Crippen LogP contribution in [0.4, 0.5) is 11.4 Å². The van der Waals surface area contributed by atoms with Gasteiger partial charge in [-0.3, -0.25) is 4.79 Å². The molecule has 0 saturated heterocycles. The minimum Gasteiger partial charge on any atom is -0.370 e. The summed E-state index contributed by atoms with van der Waals surface area (Å²) in [6.45, 7) is 0. The Kier molecular flexibility index (Phi) is 3.17. The number of hydrogen-bond acceptors (Lipinski definition) is 3. The normalized spacial score (nSPS) is 16.2. The molecule has 98 valence electrons. The average molecular weight is 328 g/mol. The monoisotopic (exact) mass is 327 g/mol. The average Bonchev–Trinajstić information content (AvgIpc) is 2.76. The number of anilines is 2. The topological polar surface area (TPSA) is 64.9 Å². The van der Waals surface area contributed by atoms with Gasteiger partial charge in [0.2, 0.25) is 0 Å². The summed E-state index contributed by atoms with van der Waals surface area (Å²) in [5, 5.41) is 14.8. The van der Waals surface area contributed by atoms with Gasteiger partial charge >= 0.3 is 0 Å². The molecule has 0 aromatic heterocycles. The number of nitriles is 1. The van der Waals surface area contributed by atoms with Crippen LogP contribution in [0, 0.1) is 11.3 Å².